The van der Waals surface area contributed by atoms with Gasteiger partial charge in [-0.15, -0.1) is 0 Å². The Hall–Kier alpha value is -4.44. The minimum Gasteiger partial charge on any atom is -0.497 e. The fraction of sp³-hybridized carbons (Fsp3) is 0.281. The first kappa shape index (κ1) is 26.5. The topological polar surface area (TPSA) is 82.7 Å². The van der Waals surface area contributed by atoms with Crippen LogP contribution in [0.1, 0.15) is 42.1 Å². The number of aromatic amines is 2. The molecule has 1 unspecified atom stereocenters. The van der Waals surface area contributed by atoms with Crippen LogP contribution >= 0.6 is 0 Å². The molecule has 5 heterocycles. The summed E-state index contributed by atoms with van der Waals surface area (Å²) in [6, 6.07) is 10.8. The van der Waals surface area contributed by atoms with Crippen LogP contribution in [0.25, 0.3) is 39.6 Å². The number of rotatable bonds is 6. The Morgan fingerprint density at radius 1 is 1.07 bits per heavy atom. The van der Waals surface area contributed by atoms with Crippen LogP contribution in [0.2, 0.25) is 0 Å². The minimum absolute atomic E-state index is 0.116. The van der Waals surface area contributed by atoms with E-state index in [1.54, 1.807) is 29.6 Å². The minimum atomic E-state index is -2.64. The van der Waals surface area contributed by atoms with Crippen molar-refractivity contribution in [2.75, 3.05) is 20.2 Å². The average Bonchev–Trinajstić information content (AvgIpc) is 3.69. The standard InChI is InChI=1S/C32H29F3N6O/c1-31(21-9-22(33)11-23(10-21)42-2)5-3-4-26-25(31)13-28(38-26)30-24-12-27(37-16-29(24)39-40-30)20-8-19(14-36-15-20)17-41-7-6-32(34,35)18-41/h3-4,8-16,38H,5-7,17-18H2,1-2H3,(H,39,40). The summed E-state index contributed by atoms with van der Waals surface area (Å²) in [5.74, 6) is -2.50. The molecule has 1 fully saturated rings. The van der Waals surface area contributed by atoms with E-state index in [0.717, 1.165) is 50.2 Å². The van der Waals surface area contributed by atoms with Crippen LogP contribution in [-0.2, 0) is 12.0 Å². The number of H-pyrrole nitrogens is 2. The van der Waals surface area contributed by atoms with E-state index in [1.165, 1.54) is 13.2 Å². The number of fused-ring (bicyclic) bond motifs is 2. The summed E-state index contributed by atoms with van der Waals surface area (Å²) >= 11 is 0. The maximum Gasteiger partial charge on any atom is 0.261 e. The highest BCUT2D eigenvalue weighted by atomic mass is 19.3. The lowest BCUT2D eigenvalue weighted by atomic mass is 9.71. The average molecular weight is 571 g/mol. The van der Waals surface area contributed by atoms with Crippen LogP contribution in [0.5, 0.6) is 5.75 Å². The number of benzene rings is 1. The van der Waals surface area contributed by atoms with Crippen molar-refractivity contribution in [3.8, 4) is 28.4 Å². The lowest BCUT2D eigenvalue weighted by molar-refractivity contribution is 0.0115. The van der Waals surface area contributed by atoms with Crippen molar-refractivity contribution >= 4 is 17.0 Å². The first-order valence-corrected chi connectivity index (χ1v) is 13.8. The monoisotopic (exact) mass is 570 g/mol. The Morgan fingerprint density at radius 3 is 2.76 bits per heavy atom. The fourth-order valence-electron chi connectivity index (χ4n) is 6.18. The van der Waals surface area contributed by atoms with E-state index in [1.807, 2.05) is 24.3 Å². The Labute approximate surface area is 240 Å². The molecule has 2 aliphatic rings. The van der Waals surface area contributed by atoms with Crippen molar-refractivity contribution in [2.45, 2.75) is 37.6 Å². The van der Waals surface area contributed by atoms with Crippen molar-refractivity contribution < 1.29 is 17.9 Å². The molecule has 7 nitrogen and oxygen atoms in total. The van der Waals surface area contributed by atoms with Crippen LogP contribution in [0, 0.1) is 5.82 Å². The number of methoxy groups -OCH3 is 1. The molecule has 0 radical (unpaired) electrons. The molecular weight excluding hydrogens is 541 g/mol. The van der Waals surface area contributed by atoms with Gasteiger partial charge in [-0.3, -0.25) is 20.0 Å². The van der Waals surface area contributed by atoms with Crippen molar-refractivity contribution in [2.24, 2.45) is 0 Å². The molecular formula is C32H29F3N6O. The number of nitrogens with zero attached hydrogens (tertiary/aromatic N) is 4. The van der Waals surface area contributed by atoms with Crippen LogP contribution in [0.3, 0.4) is 0 Å². The van der Waals surface area contributed by atoms with E-state index in [9.17, 15) is 13.2 Å². The van der Waals surface area contributed by atoms with Gasteiger partial charge >= 0.3 is 0 Å². The van der Waals surface area contributed by atoms with E-state index in [2.05, 4.69) is 44.2 Å². The molecule has 1 aliphatic heterocycles. The second-order valence-electron chi connectivity index (χ2n) is 11.4. The number of alkyl halides is 2. The van der Waals surface area contributed by atoms with Crippen LogP contribution in [-0.4, -0.2) is 56.2 Å². The van der Waals surface area contributed by atoms with Gasteiger partial charge in [0.05, 0.1) is 36.8 Å². The van der Waals surface area contributed by atoms with Crippen molar-refractivity contribution in [1.29, 1.82) is 0 Å². The summed E-state index contributed by atoms with van der Waals surface area (Å²) in [4.78, 5) is 14.3. The number of halogens is 3. The van der Waals surface area contributed by atoms with Gasteiger partial charge < -0.3 is 9.72 Å². The van der Waals surface area contributed by atoms with Gasteiger partial charge in [-0.1, -0.05) is 13.0 Å². The highest BCUT2D eigenvalue weighted by molar-refractivity contribution is 5.94. The van der Waals surface area contributed by atoms with Crippen molar-refractivity contribution in [3.05, 3.63) is 89.3 Å². The first-order chi connectivity index (χ1) is 20.2. The Morgan fingerprint density at radius 2 is 1.95 bits per heavy atom. The summed E-state index contributed by atoms with van der Waals surface area (Å²) in [6.45, 7) is 2.64. The zero-order valence-electron chi connectivity index (χ0n) is 23.2. The lowest BCUT2D eigenvalue weighted by Crippen LogP contribution is -2.25. The SMILES string of the molecule is COc1cc(F)cc(C2(C)CC=Cc3[nH]c(-c4n[nH]c5cnc(-c6cncc(CN7CCC(F)(F)C7)c6)cc45)cc32)c1. The van der Waals surface area contributed by atoms with Crippen LogP contribution in [0.15, 0.2) is 61.1 Å². The van der Waals surface area contributed by atoms with E-state index in [0.29, 0.717) is 31.0 Å². The van der Waals surface area contributed by atoms with Gasteiger partial charge in [-0.05, 0) is 59.5 Å². The van der Waals surface area contributed by atoms with Crippen LogP contribution < -0.4 is 4.74 Å². The summed E-state index contributed by atoms with van der Waals surface area (Å²) < 4.78 is 47.2. The van der Waals surface area contributed by atoms with Gasteiger partial charge in [0.1, 0.15) is 17.3 Å². The van der Waals surface area contributed by atoms with Gasteiger partial charge in [-0.2, -0.15) is 5.10 Å². The molecule has 5 aromatic rings. The summed E-state index contributed by atoms with van der Waals surface area (Å²) in [5, 5.41) is 8.57. The number of hydrogen-bond acceptors (Lipinski definition) is 5. The first-order valence-electron chi connectivity index (χ1n) is 13.8. The van der Waals surface area contributed by atoms with Crippen LogP contribution in [0.4, 0.5) is 13.2 Å². The maximum atomic E-state index is 14.5. The molecule has 0 saturated carbocycles. The second-order valence-corrected chi connectivity index (χ2v) is 11.4. The maximum absolute atomic E-state index is 14.5. The van der Waals surface area contributed by atoms with E-state index in [4.69, 9.17) is 4.74 Å². The predicted octanol–water partition coefficient (Wildman–Crippen LogP) is 6.73. The molecule has 0 bridgehead atoms. The van der Waals surface area contributed by atoms with Crippen molar-refractivity contribution in [3.63, 3.8) is 0 Å². The fourth-order valence-corrected chi connectivity index (χ4v) is 6.18. The Kier molecular flexibility index (Phi) is 6.20. The molecule has 42 heavy (non-hydrogen) atoms. The lowest BCUT2D eigenvalue weighted by Gasteiger charge is -2.32. The molecule has 0 spiro atoms. The highest BCUT2D eigenvalue weighted by Crippen LogP contribution is 2.44. The third kappa shape index (κ3) is 4.65. The Bertz CT molecular complexity index is 1840. The smallest absolute Gasteiger partial charge is 0.261 e. The van der Waals surface area contributed by atoms with E-state index < -0.39 is 11.3 Å². The molecule has 7 rings (SSSR count). The summed E-state index contributed by atoms with van der Waals surface area (Å²) in [7, 11) is 1.54. The molecule has 214 valence electrons. The molecule has 1 aromatic carbocycles. The van der Waals surface area contributed by atoms with Gasteiger partial charge in [0.2, 0.25) is 0 Å². The zero-order valence-corrected chi connectivity index (χ0v) is 23.2. The number of likely N-dealkylation sites (tertiary alicyclic amines) is 1. The highest BCUT2D eigenvalue weighted by Gasteiger charge is 2.38. The molecule has 1 saturated heterocycles. The molecule has 10 heteroatoms. The quantitative estimate of drug-likeness (QED) is 0.237. The molecule has 2 N–H and O–H groups in total. The molecule has 0 amide bonds. The van der Waals surface area contributed by atoms with Gasteiger partial charge in [0.15, 0.2) is 0 Å². The number of allylic oxidation sites excluding steroid dienone is 1. The number of hydrogen-bond donors (Lipinski definition) is 2. The normalized spacial score (nSPS) is 19.8. The van der Waals surface area contributed by atoms with Gasteiger partial charge in [0, 0.05) is 60.0 Å². The molecule has 1 aliphatic carbocycles. The Balaban J connectivity index is 1.23. The largest absolute Gasteiger partial charge is 0.497 e. The van der Waals surface area contributed by atoms with Gasteiger partial charge in [0.25, 0.3) is 5.92 Å². The predicted molar refractivity (Wildman–Crippen MR) is 155 cm³/mol. The molecule has 1 atom stereocenters. The second kappa shape index (κ2) is 9.84. The summed E-state index contributed by atoms with van der Waals surface area (Å²) in [6.07, 6.45) is 9.91. The third-order valence-electron chi connectivity index (χ3n) is 8.45. The van der Waals surface area contributed by atoms with E-state index in [-0.39, 0.29) is 18.8 Å². The van der Waals surface area contributed by atoms with Crippen molar-refractivity contribution in [1.82, 2.24) is 30.0 Å². The number of ether oxygens (including phenoxy) is 1. The zero-order chi connectivity index (χ0) is 29.1. The number of aromatic nitrogens is 5. The summed E-state index contributed by atoms with van der Waals surface area (Å²) in [5.41, 5.74) is 7.05. The van der Waals surface area contributed by atoms with Gasteiger partial charge in [-0.25, -0.2) is 13.2 Å². The van der Waals surface area contributed by atoms with E-state index >= 15 is 0 Å². The number of pyridine rings is 2. The molecule has 4 aromatic heterocycles. The number of nitrogens with one attached hydrogen (secondary N) is 2. The third-order valence-corrected chi connectivity index (χ3v) is 8.45.